The number of rotatable bonds is 7. The van der Waals surface area contributed by atoms with E-state index in [0.29, 0.717) is 0 Å². The maximum absolute atomic E-state index is 7.02. The van der Waals surface area contributed by atoms with Crippen LogP contribution >= 0.6 is 0 Å². The minimum atomic E-state index is -0.419. The number of furan rings is 1. The Kier molecular flexibility index (Phi) is 7.97. The highest BCUT2D eigenvalue weighted by molar-refractivity contribution is 6.15. The number of nitrogens with zero attached hydrogens (tertiary/aromatic N) is 1. The highest BCUT2D eigenvalue weighted by Crippen LogP contribution is 2.55. The summed E-state index contributed by atoms with van der Waals surface area (Å²) in [5.74, 6) is 0. The van der Waals surface area contributed by atoms with Crippen LogP contribution < -0.4 is 4.90 Å². The summed E-state index contributed by atoms with van der Waals surface area (Å²) in [6.45, 7) is 2.37. The predicted octanol–water partition coefficient (Wildman–Crippen LogP) is 15.4. The van der Waals surface area contributed by atoms with E-state index in [-0.39, 0.29) is 0 Å². The highest BCUT2D eigenvalue weighted by Gasteiger charge is 2.42. The molecule has 1 aromatic heterocycles. The van der Waals surface area contributed by atoms with E-state index in [1.807, 2.05) is 0 Å². The van der Waals surface area contributed by atoms with Crippen LogP contribution in [-0.2, 0) is 5.41 Å². The summed E-state index contributed by atoms with van der Waals surface area (Å²) in [7, 11) is 0. The van der Waals surface area contributed by atoms with Crippen molar-refractivity contribution < 1.29 is 4.42 Å². The first kappa shape index (κ1) is 33.9. The molecule has 0 atom stereocenters. The van der Waals surface area contributed by atoms with Crippen LogP contribution in [0.3, 0.4) is 0 Å². The van der Waals surface area contributed by atoms with Crippen molar-refractivity contribution in [2.75, 3.05) is 4.90 Å². The first-order valence-electron chi connectivity index (χ1n) is 20.0. The Hall–Kier alpha value is -7.42. The third-order valence-corrected chi connectivity index (χ3v) is 12.2. The molecular formula is C56H39NO. The van der Waals surface area contributed by atoms with Crippen molar-refractivity contribution in [1.82, 2.24) is 0 Å². The van der Waals surface area contributed by atoms with Gasteiger partial charge in [0.25, 0.3) is 0 Å². The Morgan fingerprint density at radius 2 is 0.776 bits per heavy atom. The number of fused-ring (bicyclic) bond motifs is 6. The van der Waals surface area contributed by atoms with E-state index in [9.17, 15) is 0 Å². The molecule has 1 aliphatic rings. The van der Waals surface area contributed by atoms with E-state index in [1.54, 1.807) is 0 Å². The first-order chi connectivity index (χ1) is 28.6. The molecule has 0 fully saturated rings. The van der Waals surface area contributed by atoms with Crippen LogP contribution in [-0.4, -0.2) is 0 Å². The van der Waals surface area contributed by atoms with Crippen molar-refractivity contribution in [3.05, 3.63) is 235 Å². The van der Waals surface area contributed by atoms with Gasteiger partial charge in [-0.3, -0.25) is 0 Å². The lowest BCUT2D eigenvalue weighted by atomic mass is 9.73. The zero-order chi connectivity index (χ0) is 38.6. The Labute approximate surface area is 338 Å². The normalized spacial score (nSPS) is 12.7. The molecule has 1 heterocycles. The number of anilines is 3. The van der Waals surface area contributed by atoms with Crippen LogP contribution in [0.1, 0.15) is 23.6 Å². The van der Waals surface area contributed by atoms with Gasteiger partial charge in [0.15, 0.2) is 0 Å². The molecule has 0 N–H and O–H groups in total. The fourth-order valence-electron chi connectivity index (χ4n) is 9.28. The molecule has 1 aliphatic carbocycles. The molecule has 2 heteroatoms. The molecule has 58 heavy (non-hydrogen) atoms. The van der Waals surface area contributed by atoms with Crippen LogP contribution in [0.15, 0.2) is 223 Å². The quantitative estimate of drug-likeness (QED) is 0.162. The first-order valence-corrected chi connectivity index (χ1v) is 20.0. The van der Waals surface area contributed by atoms with Crippen molar-refractivity contribution in [3.63, 3.8) is 0 Å². The molecule has 0 unspecified atom stereocenters. The standard InChI is InChI=1S/C56H39NO/c1-56(49-21-11-8-18-46(49)47-19-9-12-22-50(47)56)51-36-37-52(54-48-20-10-13-23-53(48)58-55(51)54)57(44-32-28-42(29-33-44)39-16-6-3-7-17-39)45-34-30-43(31-35-45)41-26-24-40(25-27-41)38-14-4-2-5-15-38/h2-37H,1H3. The zero-order valence-electron chi connectivity index (χ0n) is 32.1. The van der Waals surface area contributed by atoms with Gasteiger partial charge in [-0.2, -0.15) is 0 Å². The van der Waals surface area contributed by atoms with Gasteiger partial charge in [0, 0.05) is 27.7 Å². The lowest BCUT2D eigenvalue weighted by Gasteiger charge is -2.31. The summed E-state index contributed by atoms with van der Waals surface area (Å²) in [6, 6.07) is 78.7. The van der Waals surface area contributed by atoms with Gasteiger partial charge in [-0.25, -0.2) is 0 Å². The molecule has 10 aromatic rings. The number of benzene rings is 9. The van der Waals surface area contributed by atoms with Gasteiger partial charge >= 0.3 is 0 Å². The molecule has 9 aromatic carbocycles. The van der Waals surface area contributed by atoms with Crippen molar-refractivity contribution >= 4 is 39.0 Å². The van der Waals surface area contributed by atoms with Crippen LogP contribution in [0.5, 0.6) is 0 Å². The van der Waals surface area contributed by atoms with Crippen LogP contribution in [0.2, 0.25) is 0 Å². The smallest absolute Gasteiger partial charge is 0.141 e. The van der Waals surface area contributed by atoms with Gasteiger partial charge < -0.3 is 9.32 Å². The maximum atomic E-state index is 7.02. The molecule has 0 amide bonds. The van der Waals surface area contributed by atoms with Crippen molar-refractivity contribution in [1.29, 1.82) is 0 Å². The van der Waals surface area contributed by atoms with E-state index in [4.69, 9.17) is 4.42 Å². The van der Waals surface area contributed by atoms with Gasteiger partial charge in [-0.05, 0) is 99.0 Å². The van der Waals surface area contributed by atoms with Gasteiger partial charge in [-0.1, -0.05) is 182 Å². The average Bonchev–Trinajstić information content (AvgIpc) is 3.82. The summed E-state index contributed by atoms with van der Waals surface area (Å²) >= 11 is 0. The second kappa shape index (κ2) is 13.7. The molecule has 2 nitrogen and oxygen atoms in total. The topological polar surface area (TPSA) is 16.4 Å². The van der Waals surface area contributed by atoms with Crippen molar-refractivity contribution in [2.45, 2.75) is 12.3 Å². The maximum Gasteiger partial charge on any atom is 0.141 e. The Morgan fingerprint density at radius 1 is 0.362 bits per heavy atom. The summed E-state index contributed by atoms with van der Waals surface area (Å²) in [6.07, 6.45) is 0. The lowest BCUT2D eigenvalue weighted by molar-refractivity contribution is 0.638. The summed E-state index contributed by atoms with van der Waals surface area (Å²) in [4.78, 5) is 2.39. The van der Waals surface area contributed by atoms with Crippen LogP contribution in [0, 0.1) is 0 Å². The molecule has 0 bridgehead atoms. The third kappa shape index (κ3) is 5.41. The number of hydrogen-bond acceptors (Lipinski definition) is 2. The fourth-order valence-corrected chi connectivity index (χ4v) is 9.28. The second-order valence-corrected chi connectivity index (χ2v) is 15.4. The molecule has 0 saturated heterocycles. The predicted molar refractivity (Wildman–Crippen MR) is 242 cm³/mol. The van der Waals surface area contributed by atoms with Gasteiger partial charge in [-0.15, -0.1) is 0 Å². The molecule has 0 spiro atoms. The molecule has 0 radical (unpaired) electrons. The zero-order valence-corrected chi connectivity index (χ0v) is 32.1. The minimum absolute atomic E-state index is 0.419. The average molecular weight is 742 g/mol. The van der Waals surface area contributed by atoms with Crippen LogP contribution in [0.4, 0.5) is 17.1 Å². The Morgan fingerprint density at radius 3 is 1.29 bits per heavy atom. The van der Waals surface area contributed by atoms with E-state index in [0.717, 1.165) is 44.6 Å². The molecule has 0 saturated carbocycles. The monoisotopic (exact) mass is 741 g/mol. The Bertz CT molecular complexity index is 3040. The lowest BCUT2D eigenvalue weighted by Crippen LogP contribution is -2.23. The summed E-state index contributed by atoms with van der Waals surface area (Å²) in [5, 5.41) is 2.20. The molecular weight excluding hydrogens is 703 g/mol. The van der Waals surface area contributed by atoms with Gasteiger partial charge in [0.1, 0.15) is 11.2 Å². The van der Waals surface area contributed by atoms with E-state index in [2.05, 4.69) is 230 Å². The number of hydrogen-bond donors (Lipinski definition) is 0. The molecule has 0 aliphatic heterocycles. The van der Waals surface area contributed by atoms with E-state index >= 15 is 0 Å². The second-order valence-electron chi connectivity index (χ2n) is 15.4. The fraction of sp³-hybridized carbons (Fsp3) is 0.0357. The van der Waals surface area contributed by atoms with E-state index in [1.165, 1.54) is 55.6 Å². The van der Waals surface area contributed by atoms with Crippen molar-refractivity contribution in [3.8, 4) is 44.5 Å². The minimum Gasteiger partial charge on any atom is -0.456 e. The largest absolute Gasteiger partial charge is 0.456 e. The molecule has 11 rings (SSSR count). The number of para-hydroxylation sites is 1. The summed E-state index contributed by atoms with van der Waals surface area (Å²) in [5.41, 5.74) is 18.1. The van der Waals surface area contributed by atoms with Gasteiger partial charge in [0.2, 0.25) is 0 Å². The Balaban J connectivity index is 1.09. The van der Waals surface area contributed by atoms with Gasteiger partial charge in [0.05, 0.1) is 11.1 Å². The van der Waals surface area contributed by atoms with E-state index < -0.39 is 5.41 Å². The highest BCUT2D eigenvalue weighted by atomic mass is 16.3. The summed E-state index contributed by atoms with van der Waals surface area (Å²) < 4.78 is 7.02. The van der Waals surface area contributed by atoms with Crippen LogP contribution in [0.25, 0.3) is 66.4 Å². The SMILES string of the molecule is CC1(c2ccc(N(c3ccc(-c4ccccc4)cc3)c3ccc(-c4ccc(-c5ccccc5)cc4)cc3)c3c2oc2ccccc23)c2ccccc2-c2ccccc21. The molecule has 274 valence electrons. The van der Waals surface area contributed by atoms with Crippen molar-refractivity contribution in [2.24, 2.45) is 0 Å². The third-order valence-electron chi connectivity index (χ3n) is 12.2.